The number of nitrogens with zero attached hydrogens (tertiary/aromatic N) is 4. The van der Waals surface area contributed by atoms with Crippen molar-refractivity contribution in [3.8, 4) is 0 Å². The fourth-order valence-electron chi connectivity index (χ4n) is 1.15. The highest BCUT2D eigenvalue weighted by Crippen LogP contribution is 1.78. The van der Waals surface area contributed by atoms with E-state index in [2.05, 4.69) is 9.97 Å². The molecular formula is C8H10BN4-. The molecule has 0 aliphatic rings. The Morgan fingerprint density at radius 1 is 1.00 bits per heavy atom. The molecule has 2 heterocycles. The van der Waals surface area contributed by atoms with Crippen LogP contribution < -0.4 is 11.4 Å². The summed E-state index contributed by atoms with van der Waals surface area (Å²) in [5.74, 6) is 0. The van der Waals surface area contributed by atoms with E-state index < -0.39 is 0 Å². The van der Waals surface area contributed by atoms with Crippen LogP contribution in [0.5, 0.6) is 0 Å². The van der Waals surface area contributed by atoms with Crippen LogP contribution >= 0.6 is 0 Å². The topological polar surface area (TPSA) is 35.6 Å². The molecule has 0 fully saturated rings. The van der Waals surface area contributed by atoms with Gasteiger partial charge in [-0.25, -0.2) is 0 Å². The van der Waals surface area contributed by atoms with E-state index in [9.17, 15) is 0 Å². The van der Waals surface area contributed by atoms with E-state index in [4.69, 9.17) is 0 Å². The molecule has 66 valence electrons. The van der Waals surface area contributed by atoms with Gasteiger partial charge in [-0.1, -0.05) is 0 Å². The van der Waals surface area contributed by atoms with Gasteiger partial charge in [0, 0.05) is 38.9 Å². The molecule has 0 aromatic carbocycles. The van der Waals surface area contributed by atoms with Crippen LogP contribution in [0.2, 0.25) is 0 Å². The van der Waals surface area contributed by atoms with Crippen molar-refractivity contribution in [3.63, 3.8) is 0 Å². The highest BCUT2D eigenvalue weighted by atomic mass is 15.0. The van der Waals surface area contributed by atoms with Crippen LogP contribution in [-0.2, 0) is 14.1 Å². The molecule has 0 spiro atoms. The first-order valence-corrected chi connectivity index (χ1v) is 4.07. The molecule has 2 aromatic heterocycles. The molecule has 0 aliphatic carbocycles. The van der Waals surface area contributed by atoms with Crippen molar-refractivity contribution in [3.05, 3.63) is 24.8 Å². The van der Waals surface area contributed by atoms with E-state index in [1.807, 2.05) is 42.9 Å². The number of rotatable bonds is 2. The third kappa shape index (κ3) is 1.49. The van der Waals surface area contributed by atoms with Gasteiger partial charge < -0.3 is 9.13 Å². The van der Waals surface area contributed by atoms with E-state index in [-0.39, 0.29) is 0 Å². The summed E-state index contributed by atoms with van der Waals surface area (Å²) >= 11 is 0. The molecule has 4 nitrogen and oxygen atoms in total. The molecule has 0 atom stereocenters. The molecule has 2 aromatic rings. The van der Waals surface area contributed by atoms with Gasteiger partial charge >= 0.3 is 0 Å². The largest absolute Gasteiger partial charge is 0.380 e. The monoisotopic (exact) mass is 173 g/mol. The Morgan fingerprint density at radius 2 is 1.46 bits per heavy atom. The number of aromatic nitrogens is 4. The molecule has 0 saturated carbocycles. The Balaban J connectivity index is 2.24. The number of hydrogen-bond donors (Lipinski definition) is 0. The van der Waals surface area contributed by atoms with Crippen LogP contribution in [0.3, 0.4) is 0 Å². The van der Waals surface area contributed by atoms with Gasteiger partial charge in [0.05, 0.1) is 0 Å². The second-order valence-corrected chi connectivity index (χ2v) is 2.94. The fourth-order valence-corrected chi connectivity index (χ4v) is 1.15. The van der Waals surface area contributed by atoms with E-state index >= 15 is 0 Å². The van der Waals surface area contributed by atoms with Crippen LogP contribution in [0, 0.1) is 0 Å². The zero-order valence-electron chi connectivity index (χ0n) is 7.68. The molecule has 5 heteroatoms. The number of aryl methyl sites for hydroxylation is 2. The molecule has 0 amide bonds. The van der Waals surface area contributed by atoms with Gasteiger partial charge in [0.15, 0.2) is 0 Å². The Kier molecular flexibility index (Phi) is 1.92. The average Bonchev–Trinajstić information content (AvgIpc) is 2.65. The van der Waals surface area contributed by atoms with Crippen molar-refractivity contribution in [2.75, 3.05) is 0 Å². The summed E-state index contributed by atoms with van der Waals surface area (Å²) in [6.45, 7) is 0. The Labute approximate surface area is 77.5 Å². The van der Waals surface area contributed by atoms with Crippen LogP contribution in [0.25, 0.3) is 0 Å². The summed E-state index contributed by atoms with van der Waals surface area (Å²) in [7, 11) is 5.86. The van der Waals surface area contributed by atoms with Gasteiger partial charge in [-0.15, -0.1) is 11.4 Å². The molecule has 2 rings (SSSR count). The minimum absolute atomic E-state index is 0.911. The van der Waals surface area contributed by atoms with Gasteiger partial charge in [-0.3, -0.25) is 9.97 Å². The Hall–Kier alpha value is -1.52. The molecule has 0 N–H and O–H groups in total. The molecule has 0 saturated heterocycles. The molecular weight excluding hydrogens is 163 g/mol. The highest BCUT2D eigenvalue weighted by Gasteiger charge is 1.90. The summed E-state index contributed by atoms with van der Waals surface area (Å²) in [6.07, 6.45) is 7.37. The summed E-state index contributed by atoms with van der Waals surface area (Å²) < 4.78 is 3.91. The van der Waals surface area contributed by atoms with E-state index in [1.54, 1.807) is 12.4 Å². The summed E-state index contributed by atoms with van der Waals surface area (Å²) in [5.41, 5.74) is 1.82. The third-order valence-corrected chi connectivity index (χ3v) is 1.98. The quantitative estimate of drug-likeness (QED) is 0.535. The van der Waals surface area contributed by atoms with Gasteiger partial charge in [0.2, 0.25) is 0 Å². The Morgan fingerprint density at radius 3 is 1.77 bits per heavy atom. The predicted octanol–water partition coefficient (Wildman–Crippen LogP) is -1.19. The molecule has 0 aliphatic heterocycles. The SMILES string of the molecule is Cn1ccnc1[B-]c1nccn1C. The van der Waals surface area contributed by atoms with Gasteiger partial charge in [0.25, 0.3) is 0 Å². The first-order chi connectivity index (χ1) is 6.27. The van der Waals surface area contributed by atoms with Crippen molar-refractivity contribution in [1.82, 2.24) is 19.1 Å². The summed E-state index contributed by atoms with van der Waals surface area (Å²) in [5, 5.41) is 0. The Bertz CT molecular complexity index is 365. The van der Waals surface area contributed by atoms with Gasteiger partial charge in [-0.05, 0) is 0 Å². The first-order valence-electron chi connectivity index (χ1n) is 4.07. The van der Waals surface area contributed by atoms with Crippen LogP contribution in [0.15, 0.2) is 24.8 Å². The van der Waals surface area contributed by atoms with Crippen molar-refractivity contribution in [2.45, 2.75) is 0 Å². The molecule has 0 bridgehead atoms. The maximum atomic E-state index is 4.19. The standard InChI is InChI=1S/C8H10BN4/c1-12-5-3-10-7(12)9-8-11-4-6-13(8)2/h3-6H,1-2H3/q-1. The minimum atomic E-state index is 0.911. The van der Waals surface area contributed by atoms with Crippen molar-refractivity contribution in [2.24, 2.45) is 14.1 Å². The normalized spacial score (nSPS) is 10.6. The zero-order valence-corrected chi connectivity index (χ0v) is 7.68. The lowest BCUT2D eigenvalue weighted by Gasteiger charge is -2.15. The first kappa shape index (κ1) is 8.10. The third-order valence-electron chi connectivity index (χ3n) is 1.98. The molecule has 2 radical (unpaired) electrons. The molecule has 0 unspecified atom stereocenters. The van der Waals surface area contributed by atoms with Crippen molar-refractivity contribution >= 4 is 18.7 Å². The number of hydrogen-bond acceptors (Lipinski definition) is 2. The average molecular weight is 173 g/mol. The predicted molar refractivity (Wildman–Crippen MR) is 51.4 cm³/mol. The number of imidazole rings is 2. The molecule has 13 heavy (non-hydrogen) atoms. The lowest BCUT2D eigenvalue weighted by atomic mass is 9.76. The highest BCUT2D eigenvalue weighted by molar-refractivity contribution is 6.64. The van der Waals surface area contributed by atoms with E-state index in [0.29, 0.717) is 0 Å². The fraction of sp³-hybridized carbons (Fsp3) is 0.250. The van der Waals surface area contributed by atoms with Crippen molar-refractivity contribution < 1.29 is 0 Å². The zero-order chi connectivity index (χ0) is 9.26. The lowest BCUT2D eigenvalue weighted by molar-refractivity contribution is 0.937. The summed E-state index contributed by atoms with van der Waals surface area (Å²) in [4.78, 5) is 8.37. The van der Waals surface area contributed by atoms with Crippen LogP contribution in [0.1, 0.15) is 0 Å². The minimum Gasteiger partial charge on any atom is -0.380 e. The van der Waals surface area contributed by atoms with Gasteiger partial charge in [0.1, 0.15) is 0 Å². The smallest absolute Gasteiger partial charge is 0.0404 e. The lowest BCUT2D eigenvalue weighted by Crippen LogP contribution is -2.38. The van der Waals surface area contributed by atoms with E-state index in [1.165, 1.54) is 0 Å². The second kappa shape index (κ2) is 3.09. The van der Waals surface area contributed by atoms with Gasteiger partial charge in [-0.2, -0.15) is 7.28 Å². The van der Waals surface area contributed by atoms with Crippen LogP contribution in [0.4, 0.5) is 0 Å². The van der Waals surface area contributed by atoms with Crippen molar-refractivity contribution in [1.29, 1.82) is 0 Å². The van der Waals surface area contributed by atoms with Crippen LogP contribution in [-0.4, -0.2) is 26.4 Å². The maximum Gasteiger partial charge on any atom is 0.0404 e. The summed E-state index contributed by atoms with van der Waals surface area (Å²) in [6, 6.07) is 0. The van der Waals surface area contributed by atoms with E-state index in [0.717, 1.165) is 11.4 Å². The maximum absolute atomic E-state index is 4.19. The second-order valence-electron chi connectivity index (χ2n) is 2.94.